The van der Waals surface area contributed by atoms with Crippen molar-refractivity contribution in [1.82, 2.24) is 31.5 Å². The van der Waals surface area contributed by atoms with Gasteiger partial charge < -0.3 is 36.2 Å². The van der Waals surface area contributed by atoms with E-state index >= 15 is 0 Å². The van der Waals surface area contributed by atoms with Gasteiger partial charge in [0.25, 0.3) is 0 Å². The van der Waals surface area contributed by atoms with Crippen molar-refractivity contribution < 1.29 is 23.9 Å². The summed E-state index contributed by atoms with van der Waals surface area (Å²) in [7, 11) is 1.30. The number of nitrogens with zero attached hydrogens (tertiary/aromatic N) is 3. The summed E-state index contributed by atoms with van der Waals surface area (Å²) in [6.45, 7) is 10.1. The van der Waals surface area contributed by atoms with Crippen LogP contribution in [0.3, 0.4) is 0 Å². The van der Waals surface area contributed by atoms with E-state index in [1.54, 1.807) is 0 Å². The maximum Gasteiger partial charge on any atom is 0.407 e. The van der Waals surface area contributed by atoms with Gasteiger partial charge in [-0.15, -0.1) is 0 Å². The minimum absolute atomic E-state index is 0.00244. The Hall–Kier alpha value is -5.46. The molecule has 3 heterocycles. The van der Waals surface area contributed by atoms with Gasteiger partial charge >= 0.3 is 6.09 Å². The van der Waals surface area contributed by atoms with E-state index in [1.165, 1.54) is 18.1 Å². The number of methoxy groups -OCH3 is 1. The number of ether oxygens (including phenoxy) is 1. The Morgan fingerprint density at radius 1 is 0.911 bits per heavy atom. The third kappa shape index (κ3) is 9.31. The van der Waals surface area contributed by atoms with Crippen molar-refractivity contribution in [2.24, 2.45) is 21.8 Å². The molecule has 0 radical (unpaired) electrons. The fourth-order valence-corrected chi connectivity index (χ4v) is 7.95. The lowest BCUT2D eigenvalue weighted by atomic mass is 9.93. The van der Waals surface area contributed by atoms with Crippen molar-refractivity contribution in [1.29, 1.82) is 0 Å². The van der Waals surface area contributed by atoms with Crippen molar-refractivity contribution in [3.63, 3.8) is 0 Å². The van der Waals surface area contributed by atoms with Gasteiger partial charge in [-0.3, -0.25) is 24.4 Å². The van der Waals surface area contributed by atoms with Crippen LogP contribution in [0.15, 0.2) is 70.6 Å². The van der Waals surface area contributed by atoms with Crippen LogP contribution in [0.2, 0.25) is 0 Å². The quantitative estimate of drug-likeness (QED) is 0.101. The van der Waals surface area contributed by atoms with E-state index in [0.29, 0.717) is 32.6 Å². The highest BCUT2D eigenvalue weighted by atomic mass is 16.5. The molecular formula is C43H56N8O5. The molecule has 13 nitrogen and oxygen atoms in total. The zero-order chi connectivity index (χ0) is 39.8. The minimum Gasteiger partial charge on any atom is -0.453 e. The van der Waals surface area contributed by atoms with Crippen LogP contribution < -0.4 is 26.6 Å². The van der Waals surface area contributed by atoms with Crippen LogP contribution in [0, 0.1) is 11.8 Å². The van der Waals surface area contributed by atoms with Gasteiger partial charge in [0, 0.05) is 19.5 Å². The molecule has 298 valence electrons. The summed E-state index contributed by atoms with van der Waals surface area (Å²) in [5, 5.41) is 17.8. The molecule has 3 aliphatic heterocycles. The molecule has 0 spiro atoms. The van der Waals surface area contributed by atoms with Gasteiger partial charge in [0.2, 0.25) is 18.2 Å². The van der Waals surface area contributed by atoms with Crippen LogP contribution in [0.4, 0.5) is 4.79 Å². The number of benzene rings is 3. The molecule has 0 aliphatic carbocycles. The number of nitrogens with one attached hydrogen (secondary N) is 5. The third-order valence-corrected chi connectivity index (χ3v) is 11.1. The fourth-order valence-electron chi connectivity index (χ4n) is 7.95. The largest absolute Gasteiger partial charge is 0.453 e. The maximum absolute atomic E-state index is 13.6. The van der Waals surface area contributed by atoms with Crippen molar-refractivity contribution >= 4 is 46.8 Å². The van der Waals surface area contributed by atoms with Crippen LogP contribution in [-0.4, -0.2) is 92.3 Å². The van der Waals surface area contributed by atoms with Crippen LogP contribution >= 0.6 is 0 Å². The Morgan fingerprint density at radius 3 is 2.43 bits per heavy atom. The fraction of sp³-hybridized carbons (Fsp3) is 0.488. The summed E-state index contributed by atoms with van der Waals surface area (Å²) < 4.78 is 4.78. The second-order valence-electron chi connectivity index (χ2n) is 15.6. The van der Waals surface area contributed by atoms with E-state index in [0.717, 1.165) is 65.9 Å². The molecule has 4 amide bonds. The molecule has 13 heteroatoms. The Labute approximate surface area is 329 Å². The van der Waals surface area contributed by atoms with Crippen LogP contribution in [0.1, 0.15) is 83.0 Å². The summed E-state index contributed by atoms with van der Waals surface area (Å²) in [6, 6.07) is 20.5. The molecule has 3 aliphatic rings. The molecule has 2 unspecified atom stereocenters. The zero-order valence-electron chi connectivity index (χ0n) is 33.1. The highest BCUT2D eigenvalue weighted by Crippen LogP contribution is 2.33. The lowest BCUT2D eigenvalue weighted by molar-refractivity contribution is -0.134. The summed E-state index contributed by atoms with van der Waals surface area (Å²) in [4.78, 5) is 60.4. The lowest BCUT2D eigenvalue weighted by Crippen LogP contribution is -2.54. The van der Waals surface area contributed by atoms with Gasteiger partial charge in [0.05, 0.1) is 44.2 Å². The smallest absolute Gasteiger partial charge is 0.407 e. The number of rotatable bonds is 16. The topological polar surface area (TPSA) is 166 Å². The van der Waals surface area contributed by atoms with E-state index in [2.05, 4.69) is 87.2 Å². The molecule has 0 aromatic heterocycles. The first-order valence-electron chi connectivity index (χ1n) is 19.9. The van der Waals surface area contributed by atoms with Gasteiger partial charge in [-0.05, 0) is 82.7 Å². The van der Waals surface area contributed by atoms with E-state index in [9.17, 15) is 19.2 Å². The van der Waals surface area contributed by atoms with Gasteiger partial charge in [0.15, 0.2) is 0 Å². The predicted octanol–water partition coefficient (Wildman–Crippen LogP) is 5.02. The van der Waals surface area contributed by atoms with Gasteiger partial charge in [-0.2, -0.15) is 0 Å². The van der Waals surface area contributed by atoms with Crippen LogP contribution in [-0.2, 0) is 19.1 Å². The number of hydrogen-bond donors (Lipinski definition) is 5. The van der Waals surface area contributed by atoms with Crippen LogP contribution in [0.5, 0.6) is 0 Å². The van der Waals surface area contributed by atoms with Crippen molar-refractivity contribution in [2.45, 2.75) is 90.0 Å². The van der Waals surface area contributed by atoms with Gasteiger partial charge in [0.1, 0.15) is 17.9 Å². The van der Waals surface area contributed by atoms with E-state index < -0.39 is 18.2 Å². The van der Waals surface area contributed by atoms with E-state index in [1.807, 2.05) is 32.6 Å². The number of unbranched alkanes of at least 4 members (excludes halogenated alkanes) is 1. The number of amidine groups is 2. The number of amides is 4. The van der Waals surface area contributed by atoms with Gasteiger partial charge in [-0.25, -0.2) is 4.79 Å². The first kappa shape index (κ1) is 40.2. The average molecular weight is 765 g/mol. The molecule has 0 bridgehead atoms. The number of likely N-dealkylation sites (tertiary alicyclic amines) is 1. The standard InChI is InChI=1S/C43H56N8O5/c1-26(2)38(47-25-52)41(53)44-19-7-6-16-37-45-23-34(48-37)30-13-8-11-28(21-30)32-14-9-12-29-22-31(17-18-33(29)32)35-24-46-40(49-35)36-15-10-20-51(36)42(54)39(27(3)4)50-43(55)56-5/h8-9,11-14,17-18,21-22,25-27,34-36,38-39H,6-7,10,15-16,19-20,23-24H2,1-5H3,(H,44,53)(H,45,48)(H,46,49)(H,47,52)(H,50,55)/t34?,35?,36-,38-,39-/m0/s1. The molecule has 0 saturated carbocycles. The van der Waals surface area contributed by atoms with E-state index in [-0.39, 0.29) is 41.8 Å². The van der Waals surface area contributed by atoms with Crippen molar-refractivity contribution in [3.8, 4) is 11.1 Å². The average Bonchev–Trinajstić information content (AvgIpc) is 4.00. The molecule has 1 saturated heterocycles. The first-order valence-corrected chi connectivity index (χ1v) is 19.9. The highest BCUT2D eigenvalue weighted by Gasteiger charge is 2.39. The molecule has 56 heavy (non-hydrogen) atoms. The molecule has 3 aromatic carbocycles. The lowest BCUT2D eigenvalue weighted by Gasteiger charge is -2.31. The minimum atomic E-state index is -0.669. The molecule has 5 N–H and O–H groups in total. The number of alkyl carbamates (subject to hydrolysis) is 1. The zero-order valence-corrected chi connectivity index (χ0v) is 33.1. The van der Waals surface area contributed by atoms with E-state index in [4.69, 9.17) is 14.7 Å². The SMILES string of the molecule is COC(=O)N[C@H](C(=O)N1CCC[C@H]1C1=NCC(c2ccc3c(-c4cccc(C5CN=C(CCCCNC(=O)[C@@H](NC=O)C(C)C)N5)c4)cccc3c2)N1)C(C)C. The Kier molecular flexibility index (Phi) is 13.2. The second kappa shape index (κ2) is 18.4. The number of fused-ring (bicyclic) bond motifs is 1. The first-order chi connectivity index (χ1) is 27.1. The molecule has 5 atom stereocenters. The number of hydrogen-bond acceptors (Lipinski definition) is 9. The summed E-state index contributed by atoms with van der Waals surface area (Å²) in [6.07, 6.45) is 4.19. The van der Waals surface area contributed by atoms with Crippen molar-refractivity contribution in [2.75, 3.05) is 33.3 Å². The number of aliphatic imine (C=N–C) groups is 2. The summed E-state index contributed by atoms with van der Waals surface area (Å²) in [5.41, 5.74) is 4.64. The third-order valence-electron chi connectivity index (χ3n) is 11.1. The maximum atomic E-state index is 13.6. The van der Waals surface area contributed by atoms with Gasteiger partial charge in [-0.1, -0.05) is 76.2 Å². The predicted molar refractivity (Wildman–Crippen MR) is 219 cm³/mol. The normalized spacial score (nSPS) is 20.2. The monoisotopic (exact) mass is 764 g/mol. The van der Waals surface area contributed by atoms with Crippen molar-refractivity contribution in [3.05, 3.63) is 71.8 Å². The Balaban J connectivity index is 1.05. The number of carbonyl (C=O) groups is 4. The number of carbonyl (C=O) groups excluding carboxylic acids is 4. The summed E-state index contributed by atoms with van der Waals surface area (Å²) >= 11 is 0. The molecule has 1 fully saturated rings. The summed E-state index contributed by atoms with van der Waals surface area (Å²) in [5.74, 6) is 1.48. The Morgan fingerprint density at radius 2 is 1.66 bits per heavy atom. The highest BCUT2D eigenvalue weighted by molar-refractivity contribution is 5.98. The second-order valence-corrected chi connectivity index (χ2v) is 15.6. The molecule has 6 rings (SSSR count). The van der Waals surface area contributed by atoms with Crippen LogP contribution in [0.25, 0.3) is 21.9 Å². The molecular weight excluding hydrogens is 709 g/mol. The Bertz CT molecular complexity index is 1960. The molecule has 3 aromatic rings.